The van der Waals surface area contributed by atoms with Crippen LogP contribution in [-0.2, 0) is 0 Å². The summed E-state index contributed by atoms with van der Waals surface area (Å²) < 4.78 is 16.8. The average molecular weight is 488 g/mol. The van der Waals surface area contributed by atoms with Crippen LogP contribution in [0.15, 0.2) is 42.6 Å². The Morgan fingerprint density at radius 2 is 1.87 bits per heavy atom. The molecular weight excluding hydrogens is 466 g/mol. The number of carbonyl (C=O) groups is 2. The van der Waals surface area contributed by atoms with Crippen molar-refractivity contribution >= 4 is 38.5 Å². The fraction of sp³-hybridized carbons (Fsp3) is 0.261. The van der Waals surface area contributed by atoms with Gasteiger partial charge in [-0.1, -0.05) is 28.1 Å². The first-order valence-electron chi connectivity index (χ1n) is 9.60. The number of ether oxygens (including phenoxy) is 3. The van der Waals surface area contributed by atoms with E-state index in [4.69, 9.17) is 14.2 Å². The van der Waals surface area contributed by atoms with Gasteiger partial charge in [-0.3, -0.25) is 9.78 Å². The summed E-state index contributed by atoms with van der Waals surface area (Å²) >= 11 is 3.29. The number of alkyl halides is 1. The number of halogens is 1. The number of aromatic carboxylic acids is 1. The molecule has 162 valence electrons. The highest BCUT2D eigenvalue weighted by Crippen LogP contribution is 2.36. The van der Waals surface area contributed by atoms with Crippen LogP contribution in [0.3, 0.4) is 0 Å². The van der Waals surface area contributed by atoms with Gasteiger partial charge in [0, 0.05) is 27.9 Å². The minimum absolute atomic E-state index is 0.0326. The maximum Gasteiger partial charge on any atom is 0.337 e. The Morgan fingerprint density at radius 3 is 2.52 bits per heavy atom. The second-order valence-corrected chi connectivity index (χ2v) is 7.73. The van der Waals surface area contributed by atoms with Crippen molar-refractivity contribution in [2.24, 2.45) is 0 Å². The molecule has 1 aromatic heterocycles. The number of pyridine rings is 1. The van der Waals surface area contributed by atoms with Gasteiger partial charge in [-0.25, -0.2) is 4.79 Å². The first-order chi connectivity index (χ1) is 14.8. The number of carboxylic acids is 1. The number of rotatable bonds is 9. The third kappa shape index (κ3) is 4.96. The molecule has 3 aromatic rings. The van der Waals surface area contributed by atoms with E-state index in [1.807, 2.05) is 13.8 Å². The number of carboxylic acid groups (broad SMARTS) is 1. The van der Waals surface area contributed by atoms with Gasteiger partial charge in [0.1, 0.15) is 11.4 Å². The summed E-state index contributed by atoms with van der Waals surface area (Å²) in [4.78, 5) is 29.3. The molecule has 0 saturated carbocycles. The first-order valence-corrected chi connectivity index (χ1v) is 10.7. The zero-order valence-electron chi connectivity index (χ0n) is 17.3. The van der Waals surface area contributed by atoms with Gasteiger partial charge in [-0.05, 0) is 38.1 Å². The zero-order chi connectivity index (χ0) is 22.5. The SMILES string of the molecule is COc1cc2c(C(=O)c3cccc(OC(C)C)c3)ncc(C(=O)O)c2cc1OCCBr. The summed E-state index contributed by atoms with van der Waals surface area (Å²) in [5.74, 6) is -0.180. The van der Waals surface area contributed by atoms with Crippen LogP contribution in [0.4, 0.5) is 0 Å². The molecule has 1 N–H and O–H groups in total. The summed E-state index contributed by atoms with van der Waals surface area (Å²) in [6.07, 6.45) is 1.15. The van der Waals surface area contributed by atoms with Crippen molar-refractivity contribution in [3.63, 3.8) is 0 Å². The topological polar surface area (TPSA) is 95.0 Å². The molecule has 0 aliphatic heterocycles. The van der Waals surface area contributed by atoms with Crippen LogP contribution in [-0.4, -0.2) is 47.0 Å². The summed E-state index contributed by atoms with van der Waals surface area (Å²) in [5, 5.41) is 10.9. The van der Waals surface area contributed by atoms with E-state index in [0.29, 0.717) is 45.5 Å². The molecule has 0 amide bonds. The second-order valence-electron chi connectivity index (χ2n) is 6.94. The van der Waals surface area contributed by atoms with E-state index in [2.05, 4.69) is 20.9 Å². The number of benzene rings is 2. The Bertz CT molecular complexity index is 1130. The predicted octanol–water partition coefficient (Wildman–Crippen LogP) is 4.73. The molecule has 3 rings (SSSR count). The highest BCUT2D eigenvalue weighted by atomic mass is 79.9. The molecule has 0 aliphatic rings. The maximum atomic E-state index is 13.3. The Morgan fingerprint density at radius 1 is 1.13 bits per heavy atom. The van der Waals surface area contributed by atoms with Crippen LogP contribution in [0.5, 0.6) is 17.2 Å². The van der Waals surface area contributed by atoms with Crippen LogP contribution in [0.2, 0.25) is 0 Å². The zero-order valence-corrected chi connectivity index (χ0v) is 18.9. The van der Waals surface area contributed by atoms with Crippen LogP contribution < -0.4 is 14.2 Å². The summed E-state index contributed by atoms with van der Waals surface area (Å²) in [6.45, 7) is 4.16. The van der Waals surface area contributed by atoms with Crippen molar-refractivity contribution < 1.29 is 28.9 Å². The van der Waals surface area contributed by atoms with E-state index >= 15 is 0 Å². The highest BCUT2D eigenvalue weighted by Gasteiger charge is 2.22. The Kier molecular flexibility index (Phi) is 7.12. The number of carbonyl (C=O) groups excluding carboxylic acids is 1. The van der Waals surface area contributed by atoms with E-state index < -0.39 is 5.97 Å². The third-order valence-corrected chi connectivity index (χ3v) is 4.74. The monoisotopic (exact) mass is 487 g/mol. The molecule has 0 aliphatic carbocycles. The van der Waals surface area contributed by atoms with Crippen LogP contribution in [0.25, 0.3) is 10.8 Å². The van der Waals surface area contributed by atoms with Crippen molar-refractivity contribution in [1.82, 2.24) is 4.98 Å². The lowest BCUT2D eigenvalue weighted by Crippen LogP contribution is -2.10. The minimum atomic E-state index is -1.15. The Balaban J connectivity index is 2.17. The van der Waals surface area contributed by atoms with Crippen molar-refractivity contribution in [2.75, 3.05) is 19.0 Å². The molecule has 0 atom stereocenters. The first kappa shape index (κ1) is 22.6. The molecule has 0 spiro atoms. The fourth-order valence-corrected chi connectivity index (χ4v) is 3.30. The van der Waals surface area contributed by atoms with Gasteiger partial charge in [0.25, 0.3) is 0 Å². The van der Waals surface area contributed by atoms with Crippen molar-refractivity contribution in [1.29, 1.82) is 0 Å². The Hall–Kier alpha value is -3.13. The minimum Gasteiger partial charge on any atom is -0.493 e. The van der Waals surface area contributed by atoms with Crippen LogP contribution in [0, 0.1) is 0 Å². The molecule has 0 bridgehead atoms. The number of aromatic nitrogens is 1. The number of hydrogen-bond acceptors (Lipinski definition) is 6. The molecule has 0 saturated heterocycles. The standard InChI is InChI=1S/C23H22BrNO6/c1-13(2)31-15-6-4-5-14(9-15)22(26)21-17-11-19(29-3)20(30-8-7-24)10-16(17)18(12-25-21)23(27)28/h4-6,9-13H,7-8H2,1-3H3,(H,27,28). The van der Waals surface area contributed by atoms with Gasteiger partial charge >= 0.3 is 5.97 Å². The van der Waals surface area contributed by atoms with Gasteiger partial charge in [0.15, 0.2) is 11.5 Å². The fourth-order valence-electron chi connectivity index (χ4n) is 3.14. The third-order valence-electron chi connectivity index (χ3n) is 4.42. The number of ketones is 1. The molecule has 7 nitrogen and oxygen atoms in total. The summed E-state index contributed by atoms with van der Waals surface area (Å²) in [5.41, 5.74) is 0.468. The van der Waals surface area contributed by atoms with E-state index in [-0.39, 0.29) is 23.1 Å². The van der Waals surface area contributed by atoms with Gasteiger partial charge in [-0.15, -0.1) is 0 Å². The predicted molar refractivity (Wildman–Crippen MR) is 120 cm³/mol. The number of fused-ring (bicyclic) bond motifs is 1. The van der Waals surface area contributed by atoms with Gasteiger partial charge in [0.05, 0.1) is 25.4 Å². The lowest BCUT2D eigenvalue weighted by Gasteiger charge is -2.14. The highest BCUT2D eigenvalue weighted by molar-refractivity contribution is 9.09. The largest absolute Gasteiger partial charge is 0.493 e. The van der Waals surface area contributed by atoms with Gasteiger partial charge in [-0.2, -0.15) is 0 Å². The molecule has 2 aromatic carbocycles. The van der Waals surface area contributed by atoms with E-state index in [1.54, 1.807) is 36.4 Å². The normalized spacial score (nSPS) is 10.9. The van der Waals surface area contributed by atoms with E-state index in [0.717, 1.165) is 0 Å². The van der Waals surface area contributed by atoms with Crippen LogP contribution >= 0.6 is 15.9 Å². The lowest BCUT2D eigenvalue weighted by atomic mass is 9.99. The molecular formula is C23H22BrNO6. The van der Waals surface area contributed by atoms with Gasteiger partial charge < -0.3 is 19.3 Å². The maximum absolute atomic E-state index is 13.3. The number of methoxy groups -OCH3 is 1. The van der Waals surface area contributed by atoms with Gasteiger partial charge in [0.2, 0.25) is 5.78 Å². The number of hydrogen-bond donors (Lipinski definition) is 1. The molecule has 0 fully saturated rings. The van der Waals surface area contributed by atoms with Crippen molar-refractivity contribution in [2.45, 2.75) is 20.0 Å². The average Bonchev–Trinajstić information content (AvgIpc) is 2.75. The summed E-state index contributed by atoms with van der Waals surface area (Å²) in [6, 6.07) is 9.96. The lowest BCUT2D eigenvalue weighted by molar-refractivity contribution is 0.0698. The molecule has 1 heterocycles. The number of nitrogens with zero attached hydrogens (tertiary/aromatic N) is 1. The Labute approximate surface area is 188 Å². The van der Waals surface area contributed by atoms with E-state index in [9.17, 15) is 14.7 Å². The molecule has 31 heavy (non-hydrogen) atoms. The molecule has 0 radical (unpaired) electrons. The molecule has 8 heteroatoms. The smallest absolute Gasteiger partial charge is 0.337 e. The quantitative estimate of drug-likeness (QED) is 0.344. The van der Waals surface area contributed by atoms with Crippen molar-refractivity contribution in [3.05, 3.63) is 59.4 Å². The summed E-state index contributed by atoms with van der Waals surface area (Å²) in [7, 11) is 1.48. The second kappa shape index (κ2) is 9.78. The van der Waals surface area contributed by atoms with Crippen LogP contribution in [0.1, 0.15) is 40.3 Å². The molecule has 0 unspecified atom stereocenters. The van der Waals surface area contributed by atoms with Crippen molar-refractivity contribution in [3.8, 4) is 17.2 Å². The van der Waals surface area contributed by atoms with E-state index in [1.165, 1.54) is 13.3 Å².